The van der Waals surface area contributed by atoms with Crippen molar-refractivity contribution in [3.63, 3.8) is 0 Å². The summed E-state index contributed by atoms with van der Waals surface area (Å²) in [4.78, 5) is 26.5. The molecule has 1 aromatic rings. The maximum atomic E-state index is 12.4. The molecule has 2 amide bonds. The highest BCUT2D eigenvalue weighted by Crippen LogP contribution is 2.28. The Balaban J connectivity index is 1.42. The van der Waals surface area contributed by atoms with Crippen molar-refractivity contribution in [1.82, 2.24) is 30.4 Å². The molecule has 3 rings (SSSR count). The average Bonchev–Trinajstić information content (AvgIpc) is 3.24. The van der Waals surface area contributed by atoms with Crippen LogP contribution in [0.15, 0.2) is 5.16 Å². The van der Waals surface area contributed by atoms with Gasteiger partial charge < -0.3 is 10.2 Å². The zero-order chi connectivity index (χ0) is 16.9. The van der Waals surface area contributed by atoms with Gasteiger partial charge in [0, 0.05) is 38.4 Å². The fourth-order valence-electron chi connectivity index (χ4n) is 3.46. The number of piperidine rings is 1. The molecule has 1 saturated heterocycles. The number of aromatic nitrogens is 4. The summed E-state index contributed by atoms with van der Waals surface area (Å²) >= 11 is 1.51. The zero-order valence-corrected chi connectivity index (χ0v) is 14.8. The molecule has 1 aliphatic carbocycles. The van der Waals surface area contributed by atoms with Crippen LogP contribution in [0.2, 0.25) is 0 Å². The van der Waals surface area contributed by atoms with Gasteiger partial charge >= 0.3 is 0 Å². The van der Waals surface area contributed by atoms with E-state index in [0.717, 1.165) is 23.8 Å². The number of tetrazole rings is 1. The Bertz CT molecular complexity index is 586. The number of hydrogen-bond acceptors (Lipinski definition) is 6. The zero-order valence-electron chi connectivity index (χ0n) is 14.0. The summed E-state index contributed by atoms with van der Waals surface area (Å²) in [7, 11) is 1.79. The van der Waals surface area contributed by atoms with Crippen molar-refractivity contribution in [2.75, 3.05) is 18.8 Å². The number of hydrogen-bond donors (Lipinski definition) is 1. The number of thioether (sulfide) groups is 1. The van der Waals surface area contributed by atoms with Gasteiger partial charge in [0.15, 0.2) is 0 Å². The molecule has 2 aliphatic rings. The molecule has 1 atom stereocenters. The number of carbonyl (C=O) groups excluding carboxylic acids is 2. The molecule has 8 nitrogen and oxygen atoms in total. The normalized spacial score (nSPS) is 22.1. The van der Waals surface area contributed by atoms with Crippen LogP contribution in [0.5, 0.6) is 0 Å². The molecule has 0 unspecified atom stereocenters. The van der Waals surface area contributed by atoms with Crippen LogP contribution in [-0.2, 0) is 16.6 Å². The molecule has 9 heteroatoms. The van der Waals surface area contributed by atoms with E-state index in [-0.39, 0.29) is 17.7 Å². The van der Waals surface area contributed by atoms with E-state index in [4.69, 9.17) is 0 Å². The largest absolute Gasteiger partial charge is 0.355 e. The van der Waals surface area contributed by atoms with E-state index in [1.54, 1.807) is 11.7 Å². The minimum atomic E-state index is -0.0789. The maximum Gasteiger partial charge on any atom is 0.224 e. The summed E-state index contributed by atoms with van der Waals surface area (Å²) in [5.41, 5.74) is 0. The Morgan fingerprint density at radius 2 is 2.12 bits per heavy atom. The molecule has 24 heavy (non-hydrogen) atoms. The molecule has 0 radical (unpaired) electrons. The third kappa shape index (κ3) is 4.06. The molecule has 2 fully saturated rings. The Kier molecular flexibility index (Phi) is 5.70. The molecule has 1 aliphatic heterocycles. The van der Waals surface area contributed by atoms with E-state index < -0.39 is 0 Å². The van der Waals surface area contributed by atoms with E-state index >= 15 is 0 Å². The third-order valence-electron chi connectivity index (χ3n) is 4.79. The van der Waals surface area contributed by atoms with Crippen LogP contribution in [0.3, 0.4) is 0 Å². The van der Waals surface area contributed by atoms with Gasteiger partial charge in [-0.05, 0) is 29.7 Å². The van der Waals surface area contributed by atoms with Crippen LogP contribution >= 0.6 is 11.8 Å². The highest BCUT2D eigenvalue weighted by Gasteiger charge is 2.34. The molecular weight excluding hydrogens is 328 g/mol. The van der Waals surface area contributed by atoms with E-state index in [1.165, 1.54) is 24.6 Å². The topological polar surface area (TPSA) is 93.0 Å². The van der Waals surface area contributed by atoms with E-state index in [1.807, 2.05) is 4.90 Å². The smallest absolute Gasteiger partial charge is 0.224 e. The van der Waals surface area contributed by atoms with Gasteiger partial charge in [-0.1, -0.05) is 24.6 Å². The van der Waals surface area contributed by atoms with Crippen LogP contribution in [-0.4, -0.2) is 61.8 Å². The van der Waals surface area contributed by atoms with Gasteiger partial charge in [0.1, 0.15) is 0 Å². The van der Waals surface area contributed by atoms with Crippen molar-refractivity contribution >= 4 is 23.6 Å². The van der Waals surface area contributed by atoms with Gasteiger partial charge in [-0.2, -0.15) is 0 Å². The molecular formula is C15H24N6O2S. The lowest BCUT2D eigenvalue weighted by atomic mass is 9.95. The first-order valence-corrected chi connectivity index (χ1v) is 9.56. The first-order chi connectivity index (χ1) is 11.6. The fourth-order valence-corrected chi connectivity index (χ4v) is 4.16. The van der Waals surface area contributed by atoms with Crippen molar-refractivity contribution in [2.24, 2.45) is 13.0 Å². The summed E-state index contributed by atoms with van der Waals surface area (Å²) in [5.74, 6) is 0.918. The van der Waals surface area contributed by atoms with Crippen LogP contribution in [0.1, 0.15) is 38.5 Å². The summed E-state index contributed by atoms with van der Waals surface area (Å²) < 4.78 is 1.61. The van der Waals surface area contributed by atoms with Gasteiger partial charge in [-0.3, -0.25) is 9.59 Å². The second-order valence-electron chi connectivity index (χ2n) is 6.44. The standard InChI is InChI=1S/C15H24N6O2S/c1-20-15(17-18-19-20)24-9-8-16-14(23)11-6-7-13(22)21(10-11)12-4-2-3-5-12/h11-12H,2-10H2,1H3,(H,16,23)/t11-/m0/s1. The second-order valence-corrected chi connectivity index (χ2v) is 7.51. The predicted octanol–water partition coefficient (Wildman–Crippen LogP) is 0.600. The number of nitrogens with zero attached hydrogens (tertiary/aromatic N) is 5. The van der Waals surface area contributed by atoms with Gasteiger partial charge in [0.05, 0.1) is 5.92 Å². The minimum Gasteiger partial charge on any atom is -0.355 e. The Hall–Kier alpha value is -1.64. The SMILES string of the molecule is Cn1nnnc1SCCNC(=O)[C@H]1CCC(=O)N(C2CCCC2)C1. The molecule has 0 bridgehead atoms. The quantitative estimate of drug-likeness (QED) is 0.595. The Morgan fingerprint density at radius 3 is 2.83 bits per heavy atom. The molecule has 0 aromatic carbocycles. The molecule has 1 saturated carbocycles. The maximum absolute atomic E-state index is 12.4. The van der Waals surface area contributed by atoms with E-state index in [0.29, 0.717) is 32.0 Å². The molecule has 2 heterocycles. The molecule has 132 valence electrons. The van der Waals surface area contributed by atoms with Crippen molar-refractivity contribution in [2.45, 2.75) is 49.7 Å². The van der Waals surface area contributed by atoms with Crippen molar-refractivity contribution in [3.05, 3.63) is 0 Å². The van der Waals surface area contributed by atoms with Crippen molar-refractivity contribution in [3.8, 4) is 0 Å². The first-order valence-electron chi connectivity index (χ1n) is 8.57. The summed E-state index contributed by atoms with van der Waals surface area (Å²) in [5, 5.41) is 15.0. The minimum absolute atomic E-state index is 0.0576. The summed E-state index contributed by atoms with van der Waals surface area (Å²) in [6.45, 7) is 1.15. The van der Waals surface area contributed by atoms with Gasteiger partial charge in [0.2, 0.25) is 17.0 Å². The number of rotatable bonds is 6. The summed E-state index contributed by atoms with van der Waals surface area (Å²) in [6, 6.07) is 0.354. The number of amides is 2. The first kappa shape index (κ1) is 17.2. The number of likely N-dealkylation sites (tertiary alicyclic amines) is 1. The Morgan fingerprint density at radius 1 is 1.33 bits per heavy atom. The molecule has 1 N–H and O–H groups in total. The van der Waals surface area contributed by atoms with Gasteiger partial charge in [-0.25, -0.2) is 4.68 Å². The van der Waals surface area contributed by atoms with E-state index in [2.05, 4.69) is 20.8 Å². The monoisotopic (exact) mass is 352 g/mol. The predicted molar refractivity (Wildman–Crippen MR) is 89.2 cm³/mol. The number of carbonyl (C=O) groups is 2. The van der Waals surface area contributed by atoms with Crippen LogP contribution in [0.4, 0.5) is 0 Å². The highest BCUT2D eigenvalue weighted by atomic mass is 32.2. The number of aryl methyl sites for hydroxylation is 1. The molecule has 0 spiro atoms. The lowest BCUT2D eigenvalue weighted by Gasteiger charge is -2.36. The molecule has 1 aromatic heterocycles. The summed E-state index contributed by atoms with van der Waals surface area (Å²) in [6.07, 6.45) is 5.71. The second kappa shape index (κ2) is 7.96. The van der Waals surface area contributed by atoms with E-state index in [9.17, 15) is 9.59 Å². The van der Waals surface area contributed by atoms with Crippen LogP contribution < -0.4 is 5.32 Å². The Labute approximate surface area is 145 Å². The van der Waals surface area contributed by atoms with Gasteiger partial charge in [0.25, 0.3) is 0 Å². The van der Waals surface area contributed by atoms with Crippen LogP contribution in [0, 0.1) is 5.92 Å². The third-order valence-corrected chi connectivity index (χ3v) is 5.81. The van der Waals surface area contributed by atoms with Crippen molar-refractivity contribution in [1.29, 1.82) is 0 Å². The van der Waals surface area contributed by atoms with Crippen molar-refractivity contribution < 1.29 is 9.59 Å². The number of nitrogens with one attached hydrogen (secondary N) is 1. The van der Waals surface area contributed by atoms with Crippen LogP contribution in [0.25, 0.3) is 0 Å². The lowest BCUT2D eigenvalue weighted by Crippen LogP contribution is -2.49. The fraction of sp³-hybridized carbons (Fsp3) is 0.800. The lowest BCUT2D eigenvalue weighted by molar-refractivity contribution is -0.140. The highest BCUT2D eigenvalue weighted by molar-refractivity contribution is 7.99. The average molecular weight is 352 g/mol. The van der Waals surface area contributed by atoms with Gasteiger partial charge in [-0.15, -0.1) is 5.10 Å².